The van der Waals surface area contributed by atoms with Gasteiger partial charge in [0.05, 0.1) is 6.54 Å². The van der Waals surface area contributed by atoms with E-state index in [9.17, 15) is 8.78 Å². The zero-order valence-electron chi connectivity index (χ0n) is 18.5. The molecular weight excluding hydrogens is 424 g/mol. The predicted octanol–water partition coefficient (Wildman–Crippen LogP) is 5.49. The fourth-order valence-corrected chi connectivity index (χ4v) is 3.57. The molecule has 2 aromatic carbocycles. The van der Waals surface area contributed by atoms with E-state index >= 15 is 0 Å². The summed E-state index contributed by atoms with van der Waals surface area (Å²) < 4.78 is 30.4. The van der Waals surface area contributed by atoms with Crippen molar-refractivity contribution < 1.29 is 8.78 Å². The van der Waals surface area contributed by atoms with Gasteiger partial charge in [-0.25, -0.2) is 9.67 Å². The third-order valence-corrected chi connectivity index (χ3v) is 5.20. The van der Waals surface area contributed by atoms with Gasteiger partial charge in [0.1, 0.15) is 0 Å². The highest BCUT2D eigenvalue weighted by Crippen LogP contribution is 2.32. The van der Waals surface area contributed by atoms with Crippen molar-refractivity contribution in [2.24, 2.45) is 0 Å². The van der Waals surface area contributed by atoms with Gasteiger partial charge < -0.3 is 0 Å². The van der Waals surface area contributed by atoms with Crippen LogP contribution < -0.4 is 0 Å². The number of nitrogens with one attached hydrogen (secondary N) is 1. The van der Waals surface area contributed by atoms with Crippen molar-refractivity contribution in [3.05, 3.63) is 71.8 Å². The largest absolute Gasteiger partial charge is 0.308 e. The van der Waals surface area contributed by atoms with E-state index in [4.69, 9.17) is 0 Å². The summed E-state index contributed by atoms with van der Waals surface area (Å²) in [4.78, 5) is 4.13. The Bertz CT molecular complexity index is 1210. The number of hydrogen-bond acceptors (Lipinski definition) is 5. The first-order valence-corrected chi connectivity index (χ1v) is 10.9. The van der Waals surface area contributed by atoms with Gasteiger partial charge in [-0.05, 0) is 40.8 Å². The van der Waals surface area contributed by atoms with Gasteiger partial charge in [0.25, 0.3) is 0 Å². The molecule has 170 valence electrons. The quantitative estimate of drug-likeness (QED) is 0.365. The number of alkyl halides is 2. The van der Waals surface area contributed by atoms with E-state index in [0.29, 0.717) is 24.6 Å². The first-order chi connectivity index (χ1) is 16.0. The Morgan fingerprint density at radius 1 is 1.03 bits per heavy atom. The SMILES string of the molecule is CC/C=C/c1nc(C(F)(F)CCC)nn1Cc1ccc(-c2ccccc2-c2nn[nH]n2)cc1. The number of benzene rings is 2. The first kappa shape index (κ1) is 22.4. The lowest BCUT2D eigenvalue weighted by Gasteiger charge is -2.10. The highest BCUT2D eigenvalue weighted by molar-refractivity contribution is 5.80. The molecule has 1 N–H and O–H groups in total. The number of allylic oxidation sites excluding steroid dienone is 1. The molecule has 0 saturated carbocycles. The van der Waals surface area contributed by atoms with E-state index in [1.165, 1.54) is 4.68 Å². The van der Waals surface area contributed by atoms with E-state index in [2.05, 4.69) is 30.7 Å². The van der Waals surface area contributed by atoms with Crippen LogP contribution in [0.25, 0.3) is 28.6 Å². The van der Waals surface area contributed by atoms with Crippen LogP contribution in [-0.2, 0) is 12.5 Å². The molecular formula is C24H25F2N7. The van der Waals surface area contributed by atoms with E-state index in [0.717, 1.165) is 28.7 Å². The molecule has 7 nitrogen and oxygen atoms in total. The van der Waals surface area contributed by atoms with E-state index in [-0.39, 0.29) is 6.42 Å². The summed E-state index contributed by atoms with van der Waals surface area (Å²) in [6.07, 6.45) is 4.49. The molecule has 0 aliphatic rings. The highest BCUT2D eigenvalue weighted by atomic mass is 19.3. The van der Waals surface area contributed by atoms with Gasteiger partial charge >= 0.3 is 5.92 Å². The van der Waals surface area contributed by atoms with Crippen LogP contribution in [0.5, 0.6) is 0 Å². The third-order valence-electron chi connectivity index (χ3n) is 5.20. The van der Waals surface area contributed by atoms with Crippen LogP contribution in [0.15, 0.2) is 54.6 Å². The van der Waals surface area contributed by atoms with Gasteiger partial charge in [0, 0.05) is 12.0 Å². The minimum absolute atomic E-state index is 0.275. The number of nitrogens with zero attached hydrogens (tertiary/aromatic N) is 6. The van der Waals surface area contributed by atoms with Crippen molar-refractivity contribution in [3.63, 3.8) is 0 Å². The molecule has 0 bridgehead atoms. The van der Waals surface area contributed by atoms with Crippen LogP contribution in [0.3, 0.4) is 0 Å². The number of rotatable bonds is 9. The number of halogens is 2. The number of tetrazole rings is 1. The highest BCUT2D eigenvalue weighted by Gasteiger charge is 2.35. The molecule has 0 amide bonds. The molecule has 2 heterocycles. The summed E-state index contributed by atoms with van der Waals surface area (Å²) in [6.45, 7) is 4.04. The average Bonchev–Trinajstić information content (AvgIpc) is 3.49. The minimum atomic E-state index is -3.04. The summed E-state index contributed by atoms with van der Waals surface area (Å²) in [5, 5.41) is 18.4. The number of hydrogen-bond donors (Lipinski definition) is 1. The molecule has 0 radical (unpaired) electrons. The van der Waals surface area contributed by atoms with Crippen molar-refractivity contribution in [1.29, 1.82) is 0 Å². The van der Waals surface area contributed by atoms with Gasteiger partial charge in [-0.15, -0.1) is 15.3 Å². The van der Waals surface area contributed by atoms with Crippen LogP contribution >= 0.6 is 0 Å². The minimum Gasteiger partial charge on any atom is -0.241 e. The van der Waals surface area contributed by atoms with Crippen LogP contribution in [-0.4, -0.2) is 35.4 Å². The average molecular weight is 450 g/mol. The van der Waals surface area contributed by atoms with Gasteiger partial charge in [-0.1, -0.05) is 68.5 Å². The maximum Gasteiger partial charge on any atom is 0.308 e. The Kier molecular flexibility index (Phi) is 6.67. The summed E-state index contributed by atoms with van der Waals surface area (Å²) in [7, 11) is 0. The van der Waals surface area contributed by atoms with Crippen LogP contribution in [0.1, 0.15) is 50.3 Å². The summed E-state index contributed by atoms with van der Waals surface area (Å²) in [5.41, 5.74) is 3.75. The number of aromatic amines is 1. The second-order valence-corrected chi connectivity index (χ2v) is 7.69. The first-order valence-electron chi connectivity index (χ1n) is 10.9. The molecule has 4 rings (SSSR count). The maximum atomic E-state index is 14.4. The van der Waals surface area contributed by atoms with Crippen molar-refractivity contribution in [3.8, 4) is 22.5 Å². The fraction of sp³-hybridized carbons (Fsp3) is 0.292. The van der Waals surface area contributed by atoms with Crippen molar-refractivity contribution in [2.45, 2.75) is 45.6 Å². The molecule has 0 aliphatic carbocycles. The Hall–Kier alpha value is -3.75. The lowest BCUT2D eigenvalue weighted by Crippen LogP contribution is -2.15. The summed E-state index contributed by atoms with van der Waals surface area (Å²) in [5.74, 6) is -2.53. The van der Waals surface area contributed by atoms with E-state index in [1.807, 2.05) is 61.5 Å². The molecule has 4 aromatic rings. The second-order valence-electron chi connectivity index (χ2n) is 7.69. The zero-order valence-corrected chi connectivity index (χ0v) is 18.5. The molecule has 0 aliphatic heterocycles. The Balaban J connectivity index is 1.62. The lowest BCUT2D eigenvalue weighted by molar-refractivity contribution is -0.0232. The molecule has 2 aromatic heterocycles. The maximum absolute atomic E-state index is 14.4. The van der Waals surface area contributed by atoms with Crippen LogP contribution in [0, 0.1) is 0 Å². The molecule has 9 heteroatoms. The van der Waals surface area contributed by atoms with Gasteiger partial charge in [-0.3, -0.25) is 0 Å². The molecule has 0 unspecified atom stereocenters. The van der Waals surface area contributed by atoms with Crippen molar-refractivity contribution >= 4 is 6.08 Å². The van der Waals surface area contributed by atoms with Gasteiger partial charge in [0.15, 0.2) is 5.82 Å². The Morgan fingerprint density at radius 3 is 2.45 bits per heavy atom. The second kappa shape index (κ2) is 9.81. The van der Waals surface area contributed by atoms with Crippen molar-refractivity contribution in [2.75, 3.05) is 0 Å². The van der Waals surface area contributed by atoms with Crippen LogP contribution in [0.4, 0.5) is 8.78 Å². The van der Waals surface area contributed by atoms with Gasteiger partial charge in [0.2, 0.25) is 11.6 Å². The molecule has 0 atom stereocenters. The molecule has 0 saturated heterocycles. The predicted molar refractivity (Wildman–Crippen MR) is 122 cm³/mol. The number of aromatic nitrogens is 7. The van der Waals surface area contributed by atoms with E-state index < -0.39 is 11.7 Å². The summed E-state index contributed by atoms with van der Waals surface area (Å²) >= 11 is 0. The van der Waals surface area contributed by atoms with Crippen molar-refractivity contribution in [1.82, 2.24) is 35.4 Å². The Morgan fingerprint density at radius 2 is 1.79 bits per heavy atom. The molecule has 0 spiro atoms. The standard InChI is InChI=1S/C24H25F2N7/c1-3-5-10-21-27-23(24(25,26)15-4-2)30-33(21)16-17-11-13-18(14-12-17)19-8-6-7-9-20(19)22-28-31-32-29-22/h5-14H,3-4,15-16H2,1-2H3,(H,28,29,31,32)/b10-5+. The normalized spacial score (nSPS) is 12.0. The van der Waals surface area contributed by atoms with E-state index in [1.54, 1.807) is 13.0 Å². The molecule has 33 heavy (non-hydrogen) atoms. The number of H-pyrrole nitrogens is 1. The molecule has 0 fully saturated rings. The van der Waals surface area contributed by atoms with Crippen LogP contribution in [0.2, 0.25) is 0 Å². The topological polar surface area (TPSA) is 85.2 Å². The smallest absolute Gasteiger partial charge is 0.241 e. The fourth-order valence-electron chi connectivity index (χ4n) is 3.57. The lowest BCUT2D eigenvalue weighted by atomic mass is 9.98. The third kappa shape index (κ3) is 5.02. The Labute approximate surface area is 190 Å². The zero-order chi connectivity index (χ0) is 23.3. The monoisotopic (exact) mass is 449 g/mol. The van der Waals surface area contributed by atoms with Gasteiger partial charge in [-0.2, -0.15) is 14.0 Å². The summed E-state index contributed by atoms with van der Waals surface area (Å²) in [6, 6.07) is 15.7.